The number of rotatable bonds is 4. The van der Waals surface area contributed by atoms with Crippen LogP contribution in [-0.2, 0) is 17.4 Å². The smallest absolute Gasteiger partial charge is 0.416 e. The van der Waals surface area contributed by atoms with Gasteiger partial charge in [0.2, 0.25) is 5.96 Å². The quantitative estimate of drug-likeness (QED) is 0.382. The molecule has 3 aliphatic rings. The van der Waals surface area contributed by atoms with Crippen molar-refractivity contribution in [3.8, 4) is 5.75 Å². The number of guanidine groups is 1. The first-order valence-corrected chi connectivity index (χ1v) is 13.1. The summed E-state index contributed by atoms with van der Waals surface area (Å²) < 4.78 is 90.8. The number of hydrogen-bond acceptors (Lipinski definition) is 6. The molecule has 1 saturated heterocycles. The van der Waals surface area contributed by atoms with Crippen LogP contribution < -0.4 is 14.5 Å². The van der Waals surface area contributed by atoms with Crippen molar-refractivity contribution in [1.29, 1.82) is 0 Å². The maximum Gasteiger partial charge on any atom is 0.416 e. The number of hydrogen-bond donors (Lipinski definition) is 1. The van der Waals surface area contributed by atoms with Crippen molar-refractivity contribution in [1.82, 2.24) is 4.90 Å². The number of carboxylic acid groups (broad SMARTS) is 1. The number of para-hydroxylation sites is 1. The van der Waals surface area contributed by atoms with Crippen LogP contribution in [0.25, 0.3) is 0 Å². The first-order valence-electron chi connectivity index (χ1n) is 13.1. The molecule has 0 amide bonds. The Bertz CT molecular complexity index is 1610. The third kappa shape index (κ3) is 4.66. The highest BCUT2D eigenvalue weighted by Crippen LogP contribution is 2.47. The van der Waals surface area contributed by atoms with Crippen LogP contribution in [-0.4, -0.2) is 54.7 Å². The lowest BCUT2D eigenvalue weighted by molar-refractivity contribution is -0.138. The number of aliphatic imine (C=N–C) groups is 1. The summed E-state index contributed by atoms with van der Waals surface area (Å²) in [7, 11) is 1.27. The standard InChI is InChI=1S/C29H24F6N4O3/c1-42-24-6-5-16(29(33,34)35)11-23(24)39-22(13-25(40)41)19-3-2-4-20(31)26(19)36-28(39)37-7-8-38-18(14-37)10-15-9-17(30)12-21(32)27(15)38/h2-6,9,11-12,18,22H,7-8,10,13-14H2,1H3,(H,40,41). The van der Waals surface area contributed by atoms with Gasteiger partial charge in [-0.15, -0.1) is 0 Å². The van der Waals surface area contributed by atoms with E-state index in [4.69, 9.17) is 4.74 Å². The van der Waals surface area contributed by atoms with E-state index in [9.17, 15) is 31.9 Å². The molecule has 1 fully saturated rings. The number of alkyl halides is 3. The van der Waals surface area contributed by atoms with E-state index in [1.54, 1.807) is 4.90 Å². The van der Waals surface area contributed by atoms with Gasteiger partial charge >= 0.3 is 12.1 Å². The molecule has 0 saturated carbocycles. The van der Waals surface area contributed by atoms with E-state index in [0.717, 1.165) is 24.3 Å². The van der Waals surface area contributed by atoms with Gasteiger partial charge in [0.05, 0.1) is 42.6 Å². The van der Waals surface area contributed by atoms with Crippen molar-refractivity contribution >= 4 is 29.0 Å². The van der Waals surface area contributed by atoms with E-state index in [1.807, 2.05) is 4.90 Å². The fourth-order valence-corrected chi connectivity index (χ4v) is 6.13. The van der Waals surface area contributed by atoms with Crippen LogP contribution in [0.15, 0.2) is 53.5 Å². The minimum Gasteiger partial charge on any atom is -0.495 e. The van der Waals surface area contributed by atoms with Crippen molar-refractivity contribution < 1.29 is 41.0 Å². The minimum atomic E-state index is -4.72. The second-order valence-electron chi connectivity index (χ2n) is 10.4. The lowest BCUT2D eigenvalue weighted by Crippen LogP contribution is -2.58. The molecule has 3 heterocycles. The van der Waals surface area contributed by atoms with Crippen LogP contribution >= 0.6 is 0 Å². The molecule has 42 heavy (non-hydrogen) atoms. The predicted octanol–water partition coefficient (Wildman–Crippen LogP) is 5.90. The van der Waals surface area contributed by atoms with Gasteiger partial charge < -0.3 is 24.5 Å². The Labute approximate surface area is 236 Å². The lowest BCUT2D eigenvalue weighted by atomic mass is 9.96. The summed E-state index contributed by atoms with van der Waals surface area (Å²) in [6, 6.07) is 7.47. The summed E-state index contributed by atoms with van der Waals surface area (Å²) in [4.78, 5) is 21.5. The molecule has 0 aliphatic carbocycles. The predicted molar refractivity (Wildman–Crippen MR) is 142 cm³/mol. The molecule has 0 aromatic heterocycles. The minimum absolute atomic E-state index is 0.0235. The molecule has 3 aliphatic heterocycles. The summed E-state index contributed by atoms with van der Waals surface area (Å²) in [6.45, 7) is 0.614. The number of ether oxygens (including phenoxy) is 1. The van der Waals surface area contributed by atoms with E-state index in [0.29, 0.717) is 17.7 Å². The van der Waals surface area contributed by atoms with Gasteiger partial charge in [-0.05, 0) is 42.3 Å². The topological polar surface area (TPSA) is 68.6 Å². The second-order valence-corrected chi connectivity index (χ2v) is 10.4. The Morgan fingerprint density at radius 3 is 2.57 bits per heavy atom. The number of aliphatic carboxylic acids is 1. The Morgan fingerprint density at radius 2 is 1.86 bits per heavy atom. The van der Waals surface area contributed by atoms with Crippen LogP contribution in [0.1, 0.15) is 29.2 Å². The number of anilines is 2. The molecule has 6 rings (SSSR count). The molecule has 7 nitrogen and oxygen atoms in total. The third-order valence-electron chi connectivity index (χ3n) is 7.87. The Hall–Kier alpha value is -4.42. The van der Waals surface area contributed by atoms with Gasteiger partial charge in [0, 0.05) is 31.3 Å². The average molecular weight is 591 g/mol. The zero-order valence-electron chi connectivity index (χ0n) is 22.1. The highest BCUT2D eigenvalue weighted by atomic mass is 19.4. The monoisotopic (exact) mass is 590 g/mol. The first-order chi connectivity index (χ1) is 20.0. The van der Waals surface area contributed by atoms with E-state index in [1.165, 1.54) is 36.3 Å². The largest absolute Gasteiger partial charge is 0.495 e. The van der Waals surface area contributed by atoms with E-state index in [-0.39, 0.29) is 54.3 Å². The van der Waals surface area contributed by atoms with Crippen molar-refractivity contribution in [2.75, 3.05) is 36.5 Å². The number of piperazine rings is 1. The number of halogens is 6. The van der Waals surface area contributed by atoms with Crippen molar-refractivity contribution in [2.24, 2.45) is 4.99 Å². The van der Waals surface area contributed by atoms with Gasteiger partial charge in [-0.25, -0.2) is 18.2 Å². The summed E-state index contributed by atoms with van der Waals surface area (Å²) >= 11 is 0. The molecule has 3 aromatic carbocycles. The molecule has 2 unspecified atom stereocenters. The van der Waals surface area contributed by atoms with E-state index in [2.05, 4.69) is 4.99 Å². The number of carbonyl (C=O) groups is 1. The molecule has 13 heteroatoms. The summed E-state index contributed by atoms with van der Waals surface area (Å²) in [5.41, 5.74) is -0.247. The van der Waals surface area contributed by atoms with E-state index < -0.39 is 47.6 Å². The van der Waals surface area contributed by atoms with Crippen LogP contribution in [0, 0.1) is 17.5 Å². The maximum atomic E-state index is 15.1. The van der Waals surface area contributed by atoms with Crippen LogP contribution in [0.3, 0.4) is 0 Å². The number of benzene rings is 3. The SMILES string of the molecule is COc1ccc(C(F)(F)F)cc1N1C(N2CCN3c4c(F)cc(F)cc4CC3C2)=Nc2c(F)cccc2C1CC(=O)O. The van der Waals surface area contributed by atoms with Crippen LogP contribution in [0.4, 0.5) is 43.4 Å². The number of nitrogens with zero attached hydrogens (tertiary/aromatic N) is 4. The molecular formula is C29H24F6N4O3. The molecule has 3 aromatic rings. The zero-order valence-corrected chi connectivity index (χ0v) is 22.1. The molecule has 0 radical (unpaired) electrons. The van der Waals surface area contributed by atoms with Gasteiger partial charge in [0.15, 0.2) is 0 Å². The Kier molecular flexibility index (Phi) is 6.70. The fourth-order valence-electron chi connectivity index (χ4n) is 6.13. The summed E-state index contributed by atoms with van der Waals surface area (Å²) in [5.74, 6) is -3.33. The number of fused-ring (bicyclic) bond motifs is 4. The maximum absolute atomic E-state index is 15.1. The van der Waals surface area contributed by atoms with E-state index >= 15 is 4.39 Å². The van der Waals surface area contributed by atoms with Gasteiger partial charge in [-0.2, -0.15) is 13.2 Å². The van der Waals surface area contributed by atoms with Crippen LogP contribution in [0.2, 0.25) is 0 Å². The zero-order chi connectivity index (χ0) is 29.9. The third-order valence-corrected chi connectivity index (χ3v) is 7.87. The number of carboxylic acids is 1. The normalized spacial score (nSPS) is 19.7. The van der Waals surface area contributed by atoms with Crippen LogP contribution in [0.5, 0.6) is 5.75 Å². The highest BCUT2D eigenvalue weighted by molar-refractivity contribution is 6.02. The van der Waals surface area contributed by atoms with Crippen molar-refractivity contribution in [3.63, 3.8) is 0 Å². The van der Waals surface area contributed by atoms with Crippen molar-refractivity contribution in [2.45, 2.75) is 31.1 Å². The molecule has 0 spiro atoms. The molecule has 220 valence electrons. The van der Waals surface area contributed by atoms with Gasteiger partial charge in [-0.1, -0.05) is 12.1 Å². The Morgan fingerprint density at radius 1 is 1.07 bits per heavy atom. The average Bonchev–Trinajstić information content (AvgIpc) is 3.29. The first kappa shape index (κ1) is 27.7. The van der Waals surface area contributed by atoms with Gasteiger partial charge in [-0.3, -0.25) is 4.79 Å². The second kappa shape index (κ2) is 10.1. The summed E-state index contributed by atoms with van der Waals surface area (Å²) in [6.07, 6.45) is -5.01. The lowest BCUT2D eigenvalue weighted by Gasteiger charge is -2.46. The van der Waals surface area contributed by atoms with Gasteiger partial charge in [0.1, 0.15) is 28.9 Å². The van der Waals surface area contributed by atoms with Crippen molar-refractivity contribution in [3.05, 3.63) is 82.7 Å². The highest BCUT2D eigenvalue weighted by Gasteiger charge is 2.43. The fraction of sp³-hybridized carbons (Fsp3) is 0.310. The number of methoxy groups -OCH3 is 1. The molecule has 0 bridgehead atoms. The summed E-state index contributed by atoms with van der Waals surface area (Å²) in [5, 5.41) is 9.85. The Balaban J connectivity index is 1.49. The van der Waals surface area contributed by atoms with Gasteiger partial charge in [0.25, 0.3) is 0 Å². The molecular weight excluding hydrogens is 566 g/mol. The molecule has 2 atom stereocenters. The molecule has 1 N–H and O–H groups in total.